The van der Waals surface area contributed by atoms with Crippen molar-refractivity contribution in [1.82, 2.24) is 10.6 Å². The number of carbonyl (C=O) groups excluding carboxylic acids is 2. The zero-order chi connectivity index (χ0) is 20.0. The number of halogens is 1. The number of anilines is 2. The lowest BCUT2D eigenvalue weighted by molar-refractivity contribution is 0.0922. The first kappa shape index (κ1) is 22.7. The summed E-state index contributed by atoms with van der Waals surface area (Å²) in [5.74, 6) is -0.119. The Balaban J connectivity index is 0.00000300. The van der Waals surface area contributed by atoms with E-state index in [0.717, 1.165) is 31.5 Å². The number of hydrogen-bond acceptors (Lipinski definition) is 3. The second kappa shape index (κ2) is 10.3. The molecule has 3 rings (SSSR count). The third kappa shape index (κ3) is 6.48. The first-order chi connectivity index (χ1) is 13.5. The fourth-order valence-corrected chi connectivity index (χ4v) is 3.31. The molecule has 2 aromatic carbocycles. The predicted molar refractivity (Wildman–Crippen MR) is 120 cm³/mol. The molecule has 29 heavy (non-hydrogen) atoms. The SMILES string of the molecule is Cc1ccc(C(=O)NCC2(C)CCNCC2)cc1NC(=O)Nc1ccccc1.Cl. The van der Waals surface area contributed by atoms with Crippen LogP contribution in [0.25, 0.3) is 0 Å². The normalized spacial score (nSPS) is 15.0. The summed E-state index contributed by atoms with van der Waals surface area (Å²) in [4.78, 5) is 24.9. The first-order valence-corrected chi connectivity index (χ1v) is 9.68. The van der Waals surface area contributed by atoms with Crippen molar-refractivity contribution in [3.63, 3.8) is 0 Å². The van der Waals surface area contributed by atoms with Gasteiger partial charge in [-0.2, -0.15) is 0 Å². The van der Waals surface area contributed by atoms with Gasteiger partial charge in [-0.1, -0.05) is 31.2 Å². The average Bonchev–Trinajstić information content (AvgIpc) is 2.69. The average molecular weight is 417 g/mol. The molecule has 0 bridgehead atoms. The maximum absolute atomic E-state index is 12.6. The van der Waals surface area contributed by atoms with E-state index >= 15 is 0 Å². The summed E-state index contributed by atoms with van der Waals surface area (Å²) < 4.78 is 0. The lowest BCUT2D eigenvalue weighted by Crippen LogP contribution is -2.42. The number of amides is 3. The van der Waals surface area contributed by atoms with Gasteiger partial charge in [0.05, 0.1) is 0 Å². The number of urea groups is 1. The molecule has 1 heterocycles. The molecule has 156 valence electrons. The van der Waals surface area contributed by atoms with Gasteiger partial charge in [0.2, 0.25) is 0 Å². The number of piperidine rings is 1. The monoisotopic (exact) mass is 416 g/mol. The Morgan fingerprint density at radius 3 is 2.41 bits per heavy atom. The molecule has 1 aliphatic heterocycles. The number of rotatable bonds is 5. The molecule has 1 saturated heterocycles. The van der Waals surface area contributed by atoms with Crippen LogP contribution < -0.4 is 21.3 Å². The summed E-state index contributed by atoms with van der Waals surface area (Å²) >= 11 is 0. The smallest absolute Gasteiger partial charge is 0.323 e. The van der Waals surface area contributed by atoms with Crippen LogP contribution in [0.4, 0.5) is 16.2 Å². The zero-order valence-electron chi connectivity index (χ0n) is 16.9. The molecule has 6 nitrogen and oxygen atoms in total. The van der Waals surface area contributed by atoms with Gasteiger partial charge < -0.3 is 21.3 Å². The van der Waals surface area contributed by atoms with Gasteiger partial charge in [0.15, 0.2) is 0 Å². The third-order valence-corrected chi connectivity index (χ3v) is 5.27. The third-order valence-electron chi connectivity index (χ3n) is 5.27. The van der Waals surface area contributed by atoms with Gasteiger partial charge in [0, 0.05) is 23.5 Å². The van der Waals surface area contributed by atoms with Gasteiger partial charge in [0.1, 0.15) is 0 Å². The Hall–Kier alpha value is -2.57. The quantitative estimate of drug-likeness (QED) is 0.590. The molecule has 2 aromatic rings. The Bertz CT molecular complexity index is 836. The van der Waals surface area contributed by atoms with Gasteiger partial charge in [-0.15, -0.1) is 12.4 Å². The van der Waals surface area contributed by atoms with Crippen molar-refractivity contribution in [2.24, 2.45) is 5.41 Å². The maximum atomic E-state index is 12.6. The van der Waals surface area contributed by atoms with Gasteiger partial charge >= 0.3 is 6.03 Å². The Morgan fingerprint density at radius 1 is 1.03 bits per heavy atom. The largest absolute Gasteiger partial charge is 0.351 e. The van der Waals surface area contributed by atoms with Crippen molar-refractivity contribution in [3.8, 4) is 0 Å². The van der Waals surface area contributed by atoms with Gasteiger partial charge in [-0.05, 0) is 68.1 Å². The molecule has 1 fully saturated rings. The van der Waals surface area contributed by atoms with Gasteiger partial charge in [0.25, 0.3) is 5.91 Å². The first-order valence-electron chi connectivity index (χ1n) is 9.68. The van der Waals surface area contributed by atoms with Crippen LogP contribution in [-0.4, -0.2) is 31.6 Å². The molecule has 7 heteroatoms. The Morgan fingerprint density at radius 2 is 1.72 bits per heavy atom. The lowest BCUT2D eigenvalue weighted by Gasteiger charge is -2.34. The molecule has 0 spiro atoms. The summed E-state index contributed by atoms with van der Waals surface area (Å²) in [5, 5.41) is 12.0. The van der Waals surface area contributed by atoms with Crippen LogP contribution in [0.15, 0.2) is 48.5 Å². The van der Waals surface area contributed by atoms with Crippen LogP contribution in [0, 0.1) is 12.3 Å². The highest BCUT2D eigenvalue weighted by Crippen LogP contribution is 2.27. The van der Waals surface area contributed by atoms with Crippen molar-refractivity contribution in [1.29, 1.82) is 0 Å². The molecule has 0 radical (unpaired) electrons. The van der Waals surface area contributed by atoms with Gasteiger partial charge in [-0.25, -0.2) is 4.79 Å². The highest BCUT2D eigenvalue weighted by molar-refractivity contribution is 6.02. The number of nitrogens with one attached hydrogen (secondary N) is 4. The number of benzene rings is 2. The minimum atomic E-state index is -0.339. The van der Waals surface area contributed by atoms with Crippen LogP contribution in [0.2, 0.25) is 0 Å². The Labute approximate surface area is 178 Å². The van der Waals surface area contributed by atoms with E-state index in [0.29, 0.717) is 23.5 Å². The van der Waals surface area contributed by atoms with Gasteiger partial charge in [-0.3, -0.25) is 4.79 Å². The van der Waals surface area contributed by atoms with E-state index < -0.39 is 0 Å². The lowest BCUT2D eigenvalue weighted by atomic mass is 9.81. The number of aryl methyl sites for hydroxylation is 1. The highest BCUT2D eigenvalue weighted by Gasteiger charge is 2.27. The number of hydrogen-bond donors (Lipinski definition) is 4. The fourth-order valence-electron chi connectivity index (χ4n) is 3.31. The Kier molecular flexibility index (Phi) is 8.05. The molecule has 3 amide bonds. The number of carbonyl (C=O) groups is 2. The zero-order valence-corrected chi connectivity index (χ0v) is 17.7. The van der Waals surface area contributed by atoms with E-state index in [9.17, 15) is 9.59 Å². The summed E-state index contributed by atoms with van der Waals surface area (Å²) in [6.07, 6.45) is 2.10. The molecule has 0 aliphatic carbocycles. The van der Waals surface area contributed by atoms with E-state index in [1.165, 1.54) is 0 Å². The van der Waals surface area contributed by atoms with Crippen molar-refractivity contribution in [2.45, 2.75) is 26.7 Å². The van der Waals surface area contributed by atoms with E-state index in [-0.39, 0.29) is 29.8 Å². The highest BCUT2D eigenvalue weighted by atomic mass is 35.5. The molecule has 4 N–H and O–H groups in total. The van der Waals surface area contributed by atoms with Crippen molar-refractivity contribution < 1.29 is 9.59 Å². The fraction of sp³-hybridized carbons (Fsp3) is 0.364. The van der Waals surface area contributed by atoms with Crippen LogP contribution in [-0.2, 0) is 0 Å². The van der Waals surface area contributed by atoms with Crippen LogP contribution >= 0.6 is 12.4 Å². The summed E-state index contributed by atoms with van der Waals surface area (Å²) in [7, 11) is 0. The molecule has 0 aromatic heterocycles. The summed E-state index contributed by atoms with van der Waals surface area (Å²) in [6.45, 7) is 6.74. The second-order valence-electron chi connectivity index (χ2n) is 7.72. The van der Waals surface area contributed by atoms with E-state index in [2.05, 4.69) is 28.2 Å². The van der Waals surface area contributed by atoms with Crippen molar-refractivity contribution in [2.75, 3.05) is 30.3 Å². The van der Waals surface area contributed by atoms with Crippen LogP contribution in [0.1, 0.15) is 35.7 Å². The topological polar surface area (TPSA) is 82.3 Å². The van der Waals surface area contributed by atoms with Crippen LogP contribution in [0.3, 0.4) is 0 Å². The predicted octanol–water partition coefficient (Wildman–Crippen LogP) is 4.18. The van der Waals surface area contributed by atoms with E-state index in [4.69, 9.17) is 0 Å². The molecular weight excluding hydrogens is 388 g/mol. The minimum absolute atomic E-state index is 0. The minimum Gasteiger partial charge on any atom is -0.351 e. The van der Waals surface area contributed by atoms with Crippen molar-refractivity contribution in [3.05, 3.63) is 59.7 Å². The maximum Gasteiger partial charge on any atom is 0.323 e. The molecule has 0 saturated carbocycles. The molecule has 1 aliphatic rings. The molecular formula is C22H29ClN4O2. The molecule has 0 atom stereocenters. The second-order valence-corrected chi connectivity index (χ2v) is 7.72. The summed E-state index contributed by atoms with van der Waals surface area (Å²) in [5.41, 5.74) is 2.89. The van der Waals surface area contributed by atoms with E-state index in [1.54, 1.807) is 12.1 Å². The number of para-hydroxylation sites is 1. The van der Waals surface area contributed by atoms with Crippen LogP contribution in [0.5, 0.6) is 0 Å². The standard InChI is InChI=1S/C22H28N4O2.ClH/c1-16-8-9-17(20(27)24-15-22(2)10-12-23-13-11-22)14-19(16)26-21(28)25-18-6-4-3-5-7-18;/h3-9,14,23H,10-13,15H2,1-2H3,(H,24,27)(H2,25,26,28);1H. The van der Waals surface area contributed by atoms with Crippen molar-refractivity contribution >= 4 is 35.7 Å². The van der Waals surface area contributed by atoms with E-state index in [1.807, 2.05) is 43.3 Å². The summed E-state index contributed by atoms with van der Waals surface area (Å²) in [6, 6.07) is 14.3. The molecule has 0 unspecified atom stereocenters.